The van der Waals surface area contributed by atoms with E-state index in [2.05, 4.69) is 10.3 Å². The summed E-state index contributed by atoms with van der Waals surface area (Å²) in [5.41, 5.74) is 0.210. The third-order valence-electron chi connectivity index (χ3n) is 2.95. The first-order valence-electron chi connectivity index (χ1n) is 6.43. The predicted octanol–water partition coefficient (Wildman–Crippen LogP) is 2.43. The summed E-state index contributed by atoms with van der Waals surface area (Å²) in [6.45, 7) is 0. The second-order valence-electron chi connectivity index (χ2n) is 4.49. The summed E-state index contributed by atoms with van der Waals surface area (Å²) in [7, 11) is 1.51. The van der Waals surface area contributed by atoms with Gasteiger partial charge >= 0.3 is 0 Å². The quantitative estimate of drug-likeness (QED) is 0.527. The van der Waals surface area contributed by atoms with Gasteiger partial charge in [0.15, 0.2) is 0 Å². The number of halogens is 1. The van der Waals surface area contributed by atoms with E-state index in [1.807, 2.05) is 0 Å². The van der Waals surface area contributed by atoms with E-state index < -0.39 is 16.4 Å². The molecule has 0 radical (unpaired) electrons. The molecule has 0 saturated carbocycles. The van der Waals surface area contributed by atoms with Gasteiger partial charge in [-0.25, -0.2) is 0 Å². The Morgan fingerprint density at radius 3 is 2.74 bits per heavy atom. The molecular weight excluding hydrogens is 322 g/mol. The topological polar surface area (TPSA) is 108 Å². The van der Waals surface area contributed by atoms with E-state index in [0.717, 1.165) is 6.07 Å². The molecule has 0 unspecified atom stereocenters. The van der Waals surface area contributed by atoms with Gasteiger partial charge in [-0.15, -0.1) is 0 Å². The van der Waals surface area contributed by atoms with E-state index in [4.69, 9.17) is 11.6 Å². The molecule has 0 aliphatic heterocycles. The fourth-order valence-electron chi connectivity index (χ4n) is 1.85. The summed E-state index contributed by atoms with van der Waals surface area (Å²) < 4.78 is 0. The van der Waals surface area contributed by atoms with Gasteiger partial charge in [0, 0.05) is 29.9 Å². The number of hydrogen-bond donors (Lipinski definition) is 1. The van der Waals surface area contributed by atoms with Crippen LogP contribution in [-0.2, 0) is 0 Å². The lowest BCUT2D eigenvalue weighted by Crippen LogP contribution is -2.17. The van der Waals surface area contributed by atoms with Gasteiger partial charge in [-0.1, -0.05) is 17.7 Å². The number of rotatable bonds is 4. The number of hydrogen-bond acceptors (Lipinski definition) is 5. The normalized spacial score (nSPS) is 10.7. The molecule has 2 aromatic rings. The van der Waals surface area contributed by atoms with Crippen LogP contribution in [0.1, 0.15) is 15.9 Å². The van der Waals surface area contributed by atoms with Gasteiger partial charge in [-0.3, -0.25) is 19.9 Å². The van der Waals surface area contributed by atoms with Crippen molar-refractivity contribution in [1.82, 2.24) is 5.32 Å². The fraction of sp³-hybridized carbons (Fsp3) is 0.0667. The molecule has 0 aliphatic carbocycles. The van der Waals surface area contributed by atoms with Crippen LogP contribution in [0.4, 0.5) is 11.4 Å². The number of carbonyl (C=O) groups is 1. The van der Waals surface area contributed by atoms with Crippen LogP contribution in [0.15, 0.2) is 41.4 Å². The Kier molecular flexibility index (Phi) is 4.92. The van der Waals surface area contributed by atoms with E-state index in [-0.39, 0.29) is 16.5 Å². The van der Waals surface area contributed by atoms with Crippen LogP contribution >= 0.6 is 11.6 Å². The Balaban J connectivity index is 2.38. The van der Waals surface area contributed by atoms with Gasteiger partial charge in [0.2, 0.25) is 0 Å². The van der Waals surface area contributed by atoms with Crippen LogP contribution in [0.2, 0.25) is 5.02 Å². The Morgan fingerprint density at radius 1 is 1.35 bits per heavy atom. The average Bonchev–Trinajstić information content (AvgIpc) is 2.54. The molecule has 7 nitrogen and oxygen atoms in total. The van der Waals surface area contributed by atoms with Gasteiger partial charge in [-0.05, 0) is 35.6 Å². The zero-order valence-corrected chi connectivity index (χ0v) is 12.7. The van der Waals surface area contributed by atoms with Gasteiger partial charge in [0.05, 0.1) is 10.6 Å². The summed E-state index contributed by atoms with van der Waals surface area (Å²) in [4.78, 5) is 25.6. The van der Waals surface area contributed by atoms with E-state index >= 15 is 0 Å². The first-order chi connectivity index (χ1) is 10.9. The molecule has 118 valence electrons. The number of nitrogens with one attached hydrogen (secondary N) is 1. The highest BCUT2D eigenvalue weighted by Crippen LogP contribution is 2.30. The van der Waals surface area contributed by atoms with E-state index in [0.29, 0.717) is 11.3 Å². The van der Waals surface area contributed by atoms with Crippen molar-refractivity contribution in [3.05, 3.63) is 62.7 Å². The highest BCUT2D eigenvalue weighted by molar-refractivity contribution is 6.31. The minimum absolute atomic E-state index is 0.00505. The molecule has 0 aromatic heterocycles. The van der Waals surface area contributed by atoms with Crippen LogP contribution in [0, 0.1) is 10.1 Å². The Bertz CT molecular complexity index is 805. The summed E-state index contributed by atoms with van der Waals surface area (Å²) in [6, 6.07) is 8.69. The van der Waals surface area contributed by atoms with Crippen LogP contribution in [0.5, 0.6) is 5.75 Å². The number of nitrogens with zero attached hydrogens (tertiary/aromatic N) is 2. The van der Waals surface area contributed by atoms with Crippen LogP contribution in [-0.4, -0.2) is 24.1 Å². The Labute approximate surface area is 136 Å². The molecule has 1 amide bonds. The van der Waals surface area contributed by atoms with E-state index in [9.17, 15) is 20.0 Å². The molecule has 2 rings (SSSR count). The highest BCUT2D eigenvalue weighted by Gasteiger charge is 2.11. The number of carbonyl (C=O) groups excluding carboxylic acids is 1. The summed E-state index contributed by atoms with van der Waals surface area (Å²) in [6.07, 6.45) is 1.18. The summed E-state index contributed by atoms with van der Waals surface area (Å²) in [5, 5.41) is 25.3. The van der Waals surface area contributed by atoms with Crippen molar-refractivity contribution in [3.8, 4) is 5.75 Å². The van der Waals surface area contributed by atoms with Crippen molar-refractivity contribution in [1.29, 1.82) is 0 Å². The van der Waals surface area contributed by atoms with Gasteiger partial charge in [-0.2, -0.15) is 0 Å². The van der Waals surface area contributed by atoms with Crippen molar-refractivity contribution < 1.29 is 14.8 Å². The second-order valence-corrected chi connectivity index (χ2v) is 4.92. The Hall–Kier alpha value is -2.93. The van der Waals surface area contributed by atoms with Gasteiger partial charge < -0.3 is 10.4 Å². The highest BCUT2D eigenvalue weighted by atomic mass is 35.5. The molecule has 0 heterocycles. The Morgan fingerprint density at radius 2 is 2.09 bits per heavy atom. The zero-order chi connectivity index (χ0) is 17.0. The second kappa shape index (κ2) is 6.89. The van der Waals surface area contributed by atoms with E-state index in [1.54, 1.807) is 18.2 Å². The molecule has 0 atom stereocenters. The maximum absolute atomic E-state index is 11.9. The lowest BCUT2D eigenvalue weighted by Gasteiger charge is -2.10. The lowest BCUT2D eigenvalue weighted by atomic mass is 10.1. The minimum Gasteiger partial charge on any atom is -0.867 e. The number of nitro benzene ring substituents is 1. The molecule has 0 aliphatic rings. The molecule has 2 aromatic carbocycles. The van der Waals surface area contributed by atoms with Gasteiger partial charge in [0.25, 0.3) is 11.6 Å². The first-order valence-corrected chi connectivity index (χ1v) is 6.81. The predicted molar refractivity (Wildman–Crippen MR) is 84.6 cm³/mol. The van der Waals surface area contributed by atoms with Crippen LogP contribution < -0.4 is 10.4 Å². The summed E-state index contributed by atoms with van der Waals surface area (Å²) >= 11 is 5.78. The van der Waals surface area contributed by atoms with Crippen molar-refractivity contribution in [2.45, 2.75) is 0 Å². The number of aliphatic imine (C=N–C) groups is 1. The zero-order valence-electron chi connectivity index (χ0n) is 11.9. The molecule has 1 N–H and O–H groups in total. The monoisotopic (exact) mass is 332 g/mol. The smallest absolute Gasteiger partial charge is 0.263 e. The largest absolute Gasteiger partial charge is 0.867 e. The van der Waals surface area contributed by atoms with Crippen LogP contribution in [0.3, 0.4) is 0 Å². The van der Waals surface area contributed by atoms with Crippen molar-refractivity contribution in [3.63, 3.8) is 0 Å². The number of amides is 1. The van der Waals surface area contributed by atoms with E-state index in [1.165, 1.54) is 25.4 Å². The number of benzene rings is 2. The molecule has 0 fully saturated rings. The molecule has 0 saturated heterocycles. The molecule has 23 heavy (non-hydrogen) atoms. The van der Waals surface area contributed by atoms with Crippen LogP contribution in [0.25, 0.3) is 0 Å². The fourth-order valence-corrected chi connectivity index (χ4v) is 2.07. The third kappa shape index (κ3) is 3.83. The minimum atomic E-state index is -0.794. The molecule has 8 heteroatoms. The van der Waals surface area contributed by atoms with Crippen molar-refractivity contribution >= 4 is 35.1 Å². The maximum atomic E-state index is 11.9. The SMILES string of the molecule is CNC(=O)c1cccc(N=Cc2cc(Cl)cc([N+](=O)[O-])c2[O-])c1. The summed E-state index contributed by atoms with van der Waals surface area (Å²) in [5.74, 6) is -1.05. The van der Waals surface area contributed by atoms with Crippen molar-refractivity contribution in [2.75, 3.05) is 7.05 Å². The lowest BCUT2D eigenvalue weighted by molar-refractivity contribution is -0.398. The molecule has 0 spiro atoms. The third-order valence-corrected chi connectivity index (χ3v) is 3.17. The first kappa shape index (κ1) is 16.4. The standard InChI is InChI=1S/C15H12ClN3O4/c1-17-15(21)9-3-2-4-12(6-9)18-8-10-5-11(16)7-13(14(10)20)19(22)23/h2-8,20H,1H3,(H,17,21)/p-1. The molecule has 0 bridgehead atoms. The number of nitro groups is 1. The van der Waals surface area contributed by atoms with Crippen molar-refractivity contribution in [2.24, 2.45) is 4.99 Å². The molecular formula is C15H11ClN3O4-. The maximum Gasteiger partial charge on any atom is 0.263 e. The average molecular weight is 333 g/mol. The van der Waals surface area contributed by atoms with Gasteiger partial charge in [0.1, 0.15) is 0 Å².